The minimum Gasteiger partial charge on any atom is -0.487 e. The zero-order valence-corrected chi connectivity index (χ0v) is 10.1. The normalized spacial score (nSPS) is 10.3. The molecule has 1 nitrogen and oxygen atoms in total. The maximum absolute atomic E-state index is 5.96. The summed E-state index contributed by atoms with van der Waals surface area (Å²) in [6.45, 7) is 0.517. The van der Waals surface area contributed by atoms with Gasteiger partial charge in [-0.2, -0.15) is 11.3 Å². The molecule has 1 aromatic carbocycles. The number of ether oxygens (including phenoxy) is 1. The number of hydrogen-bond acceptors (Lipinski definition) is 2. The Morgan fingerprint density at radius 3 is 2.80 bits per heavy atom. The van der Waals surface area contributed by atoms with Crippen molar-refractivity contribution in [1.82, 2.24) is 0 Å². The number of benzene rings is 1. The van der Waals surface area contributed by atoms with E-state index in [1.165, 1.54) is 0 Å². The van der Waals surface area contributed by atoms with Gasteiger partial charge < -0.3 is 4.74 Å². The third-order valence-electron chi connectivity index (χ3n) is 1.87. The molecule has 0 bridgehead atoms. The van der Waals surface area contributed by atoms with Gasteiger partial charge in [0.2, 0.25) is 0 Å². The van der Waals surface area contributed by atoms with Crippen LogP contribution in [0.3, 0.4) is 0 Å². The number of halogens is 2. The summed E-state index contributed by atoms with van der Waals surface area (Å²) in [6, 6.07) is 7.20. The van der Waals surface area contributed by atoms with Crippen LogP contribution >= 0.6 is 34.5 Å². The quantitative estimate of drug-likeness (QED) is 0.780. The molecule has 0 amide bonds. The van der Waals surface area contributed by atoms with E-state index in [4.69, 9.17) is 27.9 Å². The van der Waals surface area contributed by atoms with Crippen molar-refractivity contribution in [3.63, 3.8) is 0 Å². The first-order valence-electron chi connectivity index (χ1n) is 4.34. The van der Waals surface area contributed by atoms with Crippen LogP contribution in [-0.4, -0.2) is 0 Å². The summed E-state index contributed by atoms with van der Waals surface area (Å²) in [5.41, 5.74) is 1.14. The molecule has 2 aromatic rings. The molecule has 0 fully saturated rings. The van der Waals surface area contributed by atoms with Crippen LogP contribution in [0.2, 0.25) is 10.0 Å². The summed E-state index contributed by atoms with van der Waals surface area (Å²) in [5.74, 6) is 0.621. The van der Waals surface area contributed by atoms with E-state index in [-0.39, 0.29) is 0 Å². The molecular weight excluding hydrogens is 251 g/mol. The molecule has 0 aliphatic heterocycles. The van der Waals surface area contributed by atoms with Gasteiger partial charge in [0, 0.05) is 11.1 Å². The van der Waals surface area contributed by atoms with Gasteiger partial charge in [0.25, 0.3) is 0 Å². The molecule has 0 unspecified atom stereocenters. The van der Waals surface area contributed by atoms with Crippen LogP contribution in [0.15, 0.2) is 35.0 Å². The highest BCUT2D eigenvalue weighted by Gasteiger charge is 2.02. The van der Waals surface area contributed by atoms with Crippen molar-refractivity contribution >= 4 is 34.5 Å². The van der Waals surface area contributed by atoms with Crippen molar-refractivity contribution in [3.8, 4) is 5.75 Å². The van der Waals surface area contributed by atoms with E-state index in [1.807, 2.05) is 16.8 Å². The number of rotatable bonds is 3. The fourth-order valence-corrected chi connectivity index (χ4v) is 2.11. The zero-order chi connectivity index (χ0) is 10.7. The topological polar surface area (TPSA) is 9.23 Å². The van der Waals surface area contributed by atoms with Gasteiger partial charge in [-0.15, -0.1) is 0 Å². The van der Waals surface area contributed by atoms with E-state index < -0.39 is 0 Å². The Bertz CT molecular complexity index is 440. The molecule has 0 aliphatic carbocycles. The van der Waals surface area contributed by atoms with E-state index in [0.717, 1.165) is 5.56 Å². The molecule has 0 aliphatic rings. The second-order valence-corrected chi connectivity index (χ2v) is 4.62. The molecule has 0 radical (unpaired) electrons. The first-order valence-corrected chi connectivity index (χ1v) is 6.04. The summed E-state index contributed by atoms with van der Waals surface area (Å²) in [6.07, 6.45) is 0. The standard InChI is InChI=1S/C11H8Cl2OS/c12-9-1-2-10(13)11(5-9)14-6-8-3-4-15-7-8/h1-5,7H,6H2. The third kappa shape index (κ3) is 2.88. The van der Waals surface area contributed by atoms with Gasteiger partial charge in [-0.25, -0.2) is 0 Å². The van der Waals surface area contributed by atoms with Crippen molar-refractivity contribution in [2.45, 2.75) is 6.61 Å². The van der Waals surface area contributed by atoms with Crippen LogP contribution < -0.4 is 4.74 Å². The molecule has 78 valence electrons. The minimum atomic E-state index is 0.517. The van der Waals surface area contributed by atoms with Gasteiger partial charge in [0.15, 0.2) is 0 Å². The average Bonchev–Trinajstić information content (AvgIpc) is 2.72. The number of hydrogen-bond donors (Lipinski definition) is 0. The summed E-state index contributed by atoms with van der Waals surface area (Å²) in [5, 5.41) is 5.26. The summed E-state index contributed by atoms with van der Waals surface area (Å²) >= 11 is 13.4. The Hall–Kier alpha value is -0.700. The number of thiophene rings is 1. The van der Waals surface area contributed by atoms with Crippen molar-refractivity contribution in [2.75, 3.05) is 0 Å². The Morgan fingerprint density at radius 1 is 1.20 bits per heavy atom. The minimum absolute atomic E-state index is 0.517. The Morgan fingerprint density at radius 2 is 2.07 bits per heavy atom. The van der Waals surface area contributed by atoms with E-state index in [0.29, 0.717) is 22.4 Å². The molecule has 0 spiro atoms. The van der Waals surface area contributed by atoms with Crippen LogP contribution in [0.4, 0.5) is 0 Å². The van der Waals surface area contributed by atoms with Crippen molar-refractivity contribution in [1.29, 1.82) is 0 Å². The molecule has 0 N–H and O–H groups in total. The smallest absolute Gasteiger partial charge is 0.139 e. The molecule has 4 heteroatoms. The molecule has 0 saturated heterocycles. The van der Waals surface area contributed by atoms with Gasteiger partial charge in [0.1, 0.15) is 12.4 Å². The molecule has 0 atom stereocenters. The first kappa shape index (κ1) is 10.8. The third-order valence-corrected chi connectivity index (χ3v) is 3.15. The van der Waals surface area contributed by atoms with E-state index in [1.54, 1.807) is 29.5 Å². The molecule has 2 rings (SSSR count). The lowest BCUT2D eigenvalue weighted by atomic mass is 10.3. The van der Waals surface area contributed by atoms with Gasteiger partial charge in [-0.3, -0.25) is 0 Å². The zero-order valence-electron chi connectivity index (χ0n) is 7.74. The molecule has 1 aromatic heterocycles. The van der Waals surface area contributed by atoms with Crippen LogP contribution in [0.5, 0.6) is 5.75 Å². The van der Waals surface area contributed by atoms with Gasteiger partial charge in [-0.05, 0) is 34.5 Å². The molecule has 1 heterocycles. The van der Waals surface area contributed by atoms with E-state index >= 15 is 0 Å². The van der Waals surface area contributed by atoms with Gasteiger partial charge in [0.05, 0.1) is 5.02 Å². The first-order chi connectivity index (χ1) is 7.25. The maximum Gasteiger partial charge on any atom is 0.139 e. The molecular formula is C11H8Cl2OS. The Kier molecular flexibility index (Phi) is 3.52. The summed E-state index contributed by atoms with van der Waals surface area (Å²) in [4.78, 5) is 0. The Balaban J connectivity index is 2.07. The predicted molar refractivity (Wildman–Crippen MR) is 65.1 cm³/mol. The summed E-state index contributed by atoms with van der Waals surface area (Å²) < 4.78 is 5.55. The largest absolute Gasteiger partial charge is 0.487 e. The highest BCUT2D eigenvalue weighted by Crippen LogP contribution is 2.28. The van der Waals surface area contributed by atoms with E-state index in [9.17, 15) is 0 Å². The maximum atomic E-state index is 5.96. The Labute approximate surface area is 102 Å². The molecule has 15 heavy (non-hydrogen) atoms. The fraction of sp³-hybridized carbons (Fsp3) is 0.0909. The molecule has 0 saturated carbocycles. The predicted octanol–water partition coefficient (Wildman–Crippen LogP) is 4.63. The second kappa shape index (κ2) is 4.88. The lowest BCUT2D eigenvalue weighted by molar-refractivity contribution is 0.307. The van der Waals surface area contributed by atoms with Crippen LogP contribution in [0.25, 0.3) is 0 Å². The fourth-order valence-electron chi connectivity index (χ4n) is 1.12. The summed E-state index contributed by atoms with van der Waals surface area (Å²) in [7, 11) is 0. The highest BCUT2D eigenvalue weighted by molar-refractivity contribution is 7.07. The van der Waals surface area contributed by atoms with E-state index in [2.05, 4.69) is 0 Å². The SMILES string of the molecule is Clc1ccc(Cl)c(OCc2ccsc2)c1. The second-order valence-electron chi connectivity index (χ2n) is 3.00. The van der Waals surface area contributed by atoms with Crippen LogP contribution in [0, 0.1) is 0 Å². The average molecular weight is 259 g/mol. The van der Waals surface area contributed by atoms with Crippen molar-refractivity contribution in [2.24, 2.45) is 0 Å². The van der Waals surface area contributed by atoms with Crippen LogP contribution in [-0.2, 0) is 6.61 Å². The van der Waals surface area contributed by atoms with Crippen molar-refractivity contribution in [3.05, 3.63) is 50.6 Å². The highest BCUT2D eigenvalue weighted by atomic mass is 35.5. The van der Waals surface area contributed by atoms with Gasteiger partial charge >= 0.3 is 0 Å². The monoisotopic (exact) mass is 258 g/mol. The van der Waals surface area contributed by atoms with Crippen molar-refractivity contribution < 1.29 is 4.74 Å². The lowest BCUT2D eigenvalue weighted by Gasteiger charge is -2.06. The van der Waals surface area contributed by atoms with Crippen LogP contribution in [0.1, 0.15) is 5.56 Å². The van der Waals surface area contributed by atoms with Gasteiger partial charge in [-0.1, -0.05) is 23.2 Å². The lowest BCUT2D eigenvalue weighted by Crippen LogP contribution is -1.93.